The highest BCUT2D eigenvalue weighted by atomic mass is 19.1. The number of aryl methyl sites for hydroxylation is 1. The first-order chi connectivity index (χ1) is 10.1. The first kappa shape index (κ1) is 13.7. The maximum Gasteiger partial charge on any atom is 0.257 e. The summed E-state index contributed by atoms with van der Waals surface area (Å²) in [7, 11) is 1.86. The summed E-state index contributed by atoms with van der Waals surface area (Å²) < 4.78 is 28.8. The molecule has 1 fully saturated rings. The van der Waals surface area contributed by atoms with E-state index in [-0.39, 0.29) is 6.54 Å². The van der Waals surface area contributed by atoms with Crippen LogP contribution < -0.4 is 5.32 Å². The summed E-state index contributed by atoms with van der Waals surface area (Å²) in [5.74, 6) is -1.96. The van der Waals surface area contributed by atoms with E-state index in [0.29, 0.717) is 11.6 Å². The number of nitrogens with zero attached hydrogens (tertiary/aromatic N) is 2. The first-order valence-corrected chi connectivity index (χ1v) is 6.81. The monoisotopic (exact) mass is 291 g/mol. The molecule has 1 aliphatic rings. The molecule has 4 nitrogen and oxygen atoms in total. The average Bonchev–Trinajstić information content (AvgIpc) is 3.20. The second-order valence-corrected chi connectivity index (χ2v) is 5.24. The molecule has 1 saturated carbocycles. The highest BCUT2D eigenvalue weighted by Gasteiger charge is 2.27. The Morgan fingerprint density at radius 2 is 2.05 bits per heavy atom. The van der Waals surface area contributed by atoms with E-state index < -0.39 is 23.1 Å². The first-order valence-electron chi connectivity index (χ1n) is 6.81. The van der Waals surface area contributed by atoms with Crippen LogP contribution in [-0.2, 0) is 13.6 Å². The normalized spacial score (nSPS) is 14.2. The standard InChI is InChI=1S/C15H15F2N3O/c1-20-13(9-5-6-9)7-10(19-20)8-18-15(21)14-11(16)3-2-4-12(14)17/h2-4,7,9H,5-6,8H2,1H3,(H,18,21). The smallest absolute Gasteiger partial charge is 0.257 e. The summed E-state index contributed by atoms with van der Waals surface area (Å²) in [5.41, 5.74) is 1.26. The number of hydrogen-bond donors (Lipinski definition) is 1. The predicted octanol–water partition coefficient (Wildman–Crippen LogP) is 2.51. The van der Waals surface area contributed by atoms with Crippen molar-refractivity contribution in [1.82, 2.24) is 15.1 Å². The number of amides is 1. The summed E-state index contributed by atoms with van der Waals surface area (Å²) in [4.78, 5) is 11.9. The van der Waals surface area contributed by atoms with Crippen LogP contribution in [0.4, 0.5) is 8.78 Å². The van der Waals surface area contributed by atoms with Crippen molar-refractivity contribution in [3.8, 4) is 0 Å². The molecule has 3 rings (SSSR count). The van der Waals surface area contributed by atoms with Crippen molar-refractivity contribution < 1.29 is 13.6 Å². The third-order valence-electron chi connectivity index (χ3n) is 3.58. The molecule has 21 heavy (non-hydrogen) atoms. The number of carbonyl (C=O) groups excluding carboxylic acids is 1. The van der Waals surface area contributed by atoms with Crippen LogP contribution in [-0.4, -0.2) is 15.7 Å². The molecule has 1 amide bonds. The molecule has 1 N–H and O–H groups in total. The van der Waals surface area contributed by atoms with Crippen LogP contribution in [0.5, 0.6) is 0 Å². The Hall–Kier alpha value is -2.24. The molecule has 0 atom stereocenters. The van der Waals surface area contributed by atoms with Gasteiger partial charge in [-0.1, -0.05) is 6.07 Å². The Morgan fingerprint density at radius 3 is 2.67 bits per heavy atom. The van der Waals surface area contributed by atoms with E-state index in [1.165, 1.54) is 6.07 Å². The van der Waals surface area contributed by atoms with Gasteiger partial charge in [-0.25, -0.2) is 8.78 Å². The molecule has 0 radical (unpaired) electrons. The fourth-order valence-electron chi connectivity index (χ4n) is 2.36. The van der Waals surface area contributed by atoms with Gasteiger partial charge >= 0.3 is 0 Å². The topological polar surface area (TPSA) is 46.9 Å². The van der Waals surface area contributed by atoms with Crippen molar-refractivity contribution in [2.75, 3.05) is 0 Å². The molecule has 0 unspecified atom stereocenters. The van der Waals surface area contributed by atoms with Gasteiger partial charge in [-0.3, -0.25) is 9.48 Å². The van der Waals surface area contributed by atoms with Crippen molar-refractivity contribution >= 4 is 5.91 Å². The lowest BCUT2D eigenvalue weighted by molar-refractivity contribution is 0.0942. The lowest BCUT2D eigenvalue weighted by Crippen LogP contribution is -2.25. The lowest BCUT2D eigenvalue weighted by atomic mass is 10.2. The van der Waals surface area contributed by atoms with E-state index >= 15 is 0 Å². The molecular formula is C15H15F2N3O. The van der Waals surface area contributed by atoms with E-state index in [4.69, 9.17) is 0 Å². The minimum Gasteiger partial charge on any atom is -0.346 e. The third-order valence-corrected chi connectivity index (χ3v) is 3.58. The minimum atomic E-state index is -0.868. The highest BCUT2D eigenvalue weighted by Crippen LogP contribution is 2.39. The Bertz CT molecular complexity index is 672. The molecular weight excluding hydrogens is 276 g/mol. The summed E-state index contributed by atoms with van der Waals surface area (Å²) >= 11 is 0. The largest absolute Gasteiger partial charge is 0.346 e. The number of carbonyl (C=O) groups is 1. The van der Waals surface area contributed by atoms with Crippen molar-refractivity contribution in [1.29, 1.82) is 0 Å². The molecule has 1 heterocycles. The molecule has 0 saturated heterocycles. The summed E-state index contributed by atoms with van der Waals surface area (Å²) in [6, 6.07) is 5.27. The third kappa shape index (κ3) is 2.79. The summed E-state index contributed by atoms with van der Waals surface area (Å²) in [5, 5.41) is 6.80. The zero-order chi connectivity index (χ0) is 15.0. The fraction of sp³-hybridized carbons (Fsp3) is 0.333. The van der Waals surface area contributed by atoms with Crippen molar-refractivity contribution in [3.63, 3.8) is 0 Å². The number of aromatic nitrogens is 2. The van der Waals surface area contributed by atoms with Crippen LogP contribution in [0.1, 0.15) is 40.5 Å². The van der Waals surface area contributed by atoms with Gasteiger partial charge in [-0.2, -0.15) is 5.10 Å². The summed E-state index contributed by atoms with van der Waals surface area (Å²) in [6.45, 7) is 0.146. The molecule has 1 aliphatic carbocycles. The number of halogens is 2. The Morgan fingerprint density at radius 1 is 1.38 bits per heavy atom. The van der Waals surface area contributed by atoms with E-state index in [2.05, 4.69) is 10.4 Å². The van der Waals surface area contributed by atoms with Crippen LogP contribution in [0.15, 0.2) is 24.3 Å². The van der Waals surface area contributed by atoms with Gasteiger partial charge in [-0.15, -0.1) is 0 Å². The van der Waals surface area contributed by atoms with Crippen molar-refractivity contribution in [2.45, 2.75) is 25.3 Å². The second kappa shape index (κ2) is 5.27. The SMILES string of the molecule is Cn1nc(CNC(=O)c2c(F)cccc2F)cc1C1CC1. The van der Waals surface area contributed by atoms with Crippen LogP contribution >= 0.6 is 0 Å². The summed E-state index contributed by atoms with van der Waals surface area (Å²) in [6.07, 6.45) is 2.32. The second-order valence-electron chi connectivity index (χ2n) is 5.24. The van der Waals surface area contributed by atoms with Crippen LogP contribution in [0, 0.1) is 11.6 Å². The Labute approximate surface area is 120 Å². The molecule has 1 aromatic heterocycles. The molecule has 0 aliphatic heterocycles. The predicted molar refractivity (Wildman–Crippen MR) is 72.7 cm³/mol. The Kier molecular flexibility index (Phi) is 3.45. The van der Waals surface area contributed by atoms with Crippen molar-refractivity contribution in [3.05, 3.63) is 52.9 Å². The van der Waals surface area contributed by atoms with Gasteiger partial charge in [0.05, 0.1) is 12.2 Å². The number of hydrogen-bond acceptors (Lipinski definition) is 2. The molecule has 2 aromatic rings. The van der Waals surface area contributed by atoms with Crippen LogP contribution in [0.2, 0.25) is 0 Å². The highest BCUT2D eigenvalue weighted by molar-refractivity contribution is 5.94. The number of nitrogens with one attached hydrogen (secondary N) is 1. The van der Waals surface area contributed by atoms with Gasteiger partial charge < -0.3 is 5.32 Å². The van der Waals surface area contributed by atoms with E-state index in [1.54, 1.807) is 4.68 Å². The number of benzene rings is 1. The lowest BCUT2D eigenvalue weighted by Gasteiger charge is -2.05. The fourth-order valence-corrected chi connectivity index (χ4v) is 2.36. The van der Waals surface area contributed by atoms with Gasteiger partial charge in [-0.05, 0) is 31.0 Å². The van der Waals surface area contributed by atoms with E-state index in [0.717, 1.165) is 30.7 Å². The van der Waals surface area contributed by atoms with Gasteiger partial charge in [0, 0.05) is 18.7 Å². The molecule has 6 heteroatoms. The maximum atomic E-state index is 13.5. The van der Waals surface area contributed by atoms with Crippen LogP contribution in [0.25, 0.3) is 0 Å². The molecule has 1 aromatic carbocycles. The maximum absolute atomic E-state index is 13.5. The van der Waals surface area contributed by atoms with Gasteiger partial charge in [0.15, 0.2) is 0 Å². The van der Waals surface area contributed by atoms with Gasteiger partial charge in [0.1, 0.15) is 17.2 Å². The zero-order valence-electron chi connectivity index (χ0n) is 11.6. The van der Waals surface area contributed by atoms with Crippen LogP contribution in [0.3, 0.4) is 0 Å². The van der Waals surface area contributed by atoms with E-state index in [9.17, 15) is 13.6 Å². The quantitative estimate of drug-likeness (QED) is 0.941. The van der Waals surface area contributed by atoms with Gasteiger partial charge in [0.2, 0.25) is 0 Å². The average molecular weight is 291 g/mol. The van der Waals surface area contributed by atoms with Crippen molar-refractivity contribution in [2.24, 2.45) is 7.05 Å². The minimum absolute atomic E-state index is 0.146. The van der Waals surface area contributed by atoms with Gasteiger partial charge in [0.25, 0.3) is 5.91 Å². The molecule has 110 valence electrons. The van der Waals surface area contributed by atoms with E-state index in [1.807, 2.05) is 13.1 Å². The Balaban J connectivity index is 1.70. The zero-order valence-corrected chi connectivity index (χ0v) is 11.6. The molecule has 0 bridgehead atoms. The molecule has 0 spiro atoms. The number of rotatable bonds is 4.